The molecule has 0 bridgehead atoms. The van der Waals surface area contributed by atoms with Crippen LogP contribution in [0.15, 0.2) is 42.7 Å². The zero-order chi connectivity index (χ0) is 11.2. The van der Waals surface area contributed by atoms with Crippen molar-refractivity contribution >= 4 is 6.29 Å². The molecule has 0 saturated heterocycles. The molecule has 0 N–H and O–H groups in total. The van der Waals surface area contributed by atoms with Crippen molar-refractivity contribution in [2.75, 3.05) is 0 Å². The van der Waals surface area contributed by atoms with Gasteiger partial charge in [-0.1, -0.05) is 30.3 Å². The smallest absolute Gasteiger partial charge is 0.153 e. The van der Waals surface area contributed by atoms with E-state index in [9.17, 15) is 4.79 Å². The van der Waals surface area contributed by atoms with Gasteiger partial charge in [-0.15, -0.1) is 0 Å². The number of carbonyl (C=O) groups is 1. The summed E-state index contributed by atoms with van der Waals surface area (Å²) in [6, 6.07) is 10.4. The van der Waals surface area contributed by atoms with Gasteiger partial charge in [0.15, 0.2) is 6.29 Å². The second kappa shape index (κ2) is 5.26. The molecule has 16 heavy (non-hydrogen) atoms. The van der Waals surface area contributed by atoms with E-state index in [1.165, 1.54) is 5.56 Å². The molecule has 3 nitrogen and oxygen atoms in total. The highest BCUT2D eigenvalue weighted by molar-refractivity contribution is 5.73. The molecule has 1 aromatic heterocycles. The Labute approximate surface area is 94.7 Å². The van der Waals surface area contributed by atoms with Crippen LogP contribution >= 0.6 is 0 Å². The summed E-state index contributed by atoms with van der Waals surface area (Å²) in [6.45, 7) is 0.850. The van der Waals surface area contributed by atoms with Gasteiger partial charge in [-0.3, -0.25) is 9.48 Å². The first kappa shape index (κ1) is 10.6. The summed E-state index contributed by atoms with van der Waals surface area (Å²) in [5.41, 5.74) is 1.98. The highest BCUT2D eigenvalue weighted by Gasteiger charge is 1.97. The van der Waals surface area contributed by atoms with Crippen LogP contribution in [0.3, 0.4) is 0 Å². The van der Waals surface area contributed by atoms with Crippen molar-refractivity contribution in [3.63, 3.8) is 0 Å². The van der Waals surface area contributed by atoms with E-state index in [4.69, 9.17) is 0 Å². The van der Waals surface area contributed by atoms with E-state index in [0.717, 1.165) is 25.7 Å². The van der Waals surface area contributed by atoms with Gasteiger partial charge >= 0.3 is 0 Å². The summed E-state index contributed by atoms with van der Waals surface area (Å²) in [5.74, 6) is 0. The maximum Gasteiger partial charge on any atom is 0.153 e. The molecule has 0 unspecified atom stereocenters. The lowest BCUT2D eigenvalue weighted by Gasteiger charge is -2.01. The average molecular weight is 214 g/mol. The number of hydrogen-bond donors (Lipinski definition) is 0. The van der Waals surface area contributed by atoms with Gasteiger partial charge in [-0.2, -0.15) is 5.10 Å². The Morgan fingerprint density at radius 2 is 2.06 bits per heavy atom. The number of benzene rings is 1. The number of aromatic nitrogens is 2. The lowest BCUT2D eigenvalue weighted by molar-refractivity contribution is 0.112. The molecule has 2 rings (SSSR count). The molecular weight excluding hydrogens is 200 g/mol. The number of carbonyl (C=O) groups excluding carboxylic acids is 1. The molecule has 0 fully saturated rings. The van der Waals surface area contributed by atoms with E-state index in [2.05, 4.69) is 17.2 Å². The van der Waals surface area contributed by atoms with Crippen LogP contribution in [0.1, 0.15) is 22.3 Å². The molecule has 0 amide bonds. The van der Waals surface area contributed by atoms with Crippen molar-refractivity contribution in [2.45, 2.75) is 19.4 Å². The molecule has 82 valence electrons. The summed E-state index contributed by atoms with van der Waals surface area (Å²) < 4.78 is 1.81. The Kier molecular flexibility index (Phi) is 3.49. The molecule has 1 aromatic carbocycles. The molecule has 0 aliphatic carbocycles. The SMILES string of the molecule is O=Cc1cnn(CCCc2ccccc2)c1. The highest BCUT2D eigenvalue weighted by atomic mass is 16.1. The summed E-state index contributed by atoms with van der Waals surface area (Å²) in [6.07, 6.45) is 6.26. The number of aryl methyl sites for hydroxylation is 2. The molecule has 2 aromatic rings. The number of rotatable bonds is 5. The zero-order valence-electron chi connectivity index (χ0n) is 9.04. The van der Waals surface area contributed by atoms with Crippen LogP contribution in [0.4, 0.5) is 0 Å². The lowest BCUT2D eigenvalue weighted by atomic mass is 10.1. The molecule has 1 heterocycles. The van der Waals surface area contributed by atoms with Crippen molar-refractivity contribution in [2.24, 2.45) is 0 Å². The van der Waals surface area contributed by atoms with Crippen LogP contribution in [0.5, 0.6) is 0 Å². The second-order valence-electron chi connectivity index (χ2n) is 3.74. The third-order valence-electron chi connectivity index (χ3n) is 2.48. The fourth-order valence-corrected chi connectivity index (χ4v) is 1.65. The monoisotopic (exact) mass is 214 g/mol. The Hall–Kier alpha value is -1.90. The Bertz CT molecular complexity index is 448. The number of aldehydes is 1. The lowest BCUT2D eigenvalue weighted by Crippen LogP contribution is -1.99. The van der Waals surface area contributed by atoms with E-state index in [1.54, 1.807) is 12.4 Å². The Balaban J connectivity index is 1.82. The van der Waals surface area contributed by atoms with E-state index in [-0.39, 0.29) is 0 Å². The molecule has 0 radical (unpaired) electrons. The first-order chi connectivity index (χ1) is 7.88. The van der Waals surface area contributed by atoms with E-state index in [0.29, 0.717) is 5.56 Å². The van der Waals surface area contributed by atoms with Crippen LogP contribution in [-0.4, -0.2) is 16.1 Å². The fourth-order valence-electron chi connectivity index (χ4n) is 1.65. The highest BCUT2D eigenvalue weighted by Crippen LogP contribution is 2.04. The Morgan fingerprint density at radius 1 is 1.25 bits per heavy atom. The third kappa shape index (κ3) is 2.79. The quantitative estimate of drug-likeness (QED) is 0.716. The molecular formula is C13H14N2O. The fraction of sp³-hybridized carbons (Fsp3) is 0.231. The van der Waals surface area contributed by atoms with Gasteiger partial charge in [0.1, 0.15) is 0 Å². The van der Waals surface area contributed by atoms with Crippen molar-refractivity contribution in [3.05, 3.63) is 53.9 Å². The maximum absolute atomic E-state index is 10.5. The largest absolute Gasteiger partial charge is 0.298 e. The van der Waals surface area contributed by atoms with Gasteiger partial charge in [0.25, 0.3) is 0 Å². The standard InChI is InChI=1S/C13H14N2O/c16-11-13-9-14-15(10-13)8-4-7-12-5-2-1-3-6-12/h1-3,5-6,9-11H,4,7-8H2. The van der Waals surface area contributed by atoms with E-state index >= 15 is 0 Å². The summed E-state index contributed by atoms with van der Waals surface area (Å²) in [4.78, 5) is 10.5. The number of nitrogens with zero attached hydrogens (tertiary/aromatic N) is 2. The predicted octanol–water partition coefficient (Wildman–Crippen LogP) is 2.33. The molecule has 0 saturated carbocycles. The summed E-state index contributed by atoms with van der Waals surface area (Å²) in [7, 11) is 0. The van der Waals surface area contributed by atoms with Crippen molar-refractivity contribution in [3.8, 4) is 0 Å². The summed E-state index contributed by atoms with van der Waals surface area (Å²) >= 11 is 0. The minimum Gasteiger partial charge on any atom is -0.298 e. The van der Waals surface area contributed by atoms with Crippen LogP contribution in [0.25, 0.3) is 0 Å². The second-order valence-corrected chi connectivity index (χ2v) is 3.74. The Morgan fingerprint density at radius 3 is 2.75 bits per heavy atom. The topological polar surface area (TPSA) is 34.9 Å². The van der Waals surface area contributed by atoms with Crippen LogP contribution < -0.4 is 0 Å². The van der Waals surface area contributed by atoms with Crippen molar-refractivity contribution in [1.82, 2.24) is 9.78 Å². The third-order valence-corrected chi connectivity index (χ3v) is 2.48. The minimum atomic E-state index is 0.639. The van der Waals surface area contributed by atoms with Crippen molar-refractivity contribution < 1.29 is 4.79 Å². The van der Waals surface area contributed by atoms with Crippen LogP contribution in [-0.2, 0) is 13.0 Å². The van der Waals surface area contributed by atoms with Gasteiger partial charge in [-0.25, -0.2) is 0 Å². The van der Waals surface area contributed by atoms with Crippen LogP contribution in [0, 0.1) is 0 Å². The predicted molar refractivity (Wildman–Crippen MR) is 62.4 cm³/mol. The maximum atomic E-state index is 10.5. The first-order valence-electron chi connectivity index (χ1n) is 5.40. The van der Waals surface area contributed by atoms with E-state index in [1.807, 2.05) is 22.9 Å². The van der Waals surface area contributed by atoms with Gasteiger partial charge in [0, 0.05) is 12.7 Å². The molecule has 3 heteroatoms. The van der Waals surface area contributed by atoms with E-state index < -0.39 is 0 Å². The molecule has 0 spiro atoms. The zero-order valence-corrected chi connectivity index (χ0v) is 9.04. The van der Waals surface area contributed by atoms with Gasteiger partial charge in [0.05, 0.1) is 11.8 Å². The average Bonchev–Trinajstić information content (AvgIpc) is 2.78. The molecule has 0 aliphatic rings. The van der Waals surface area contributed by atoms with Crippen LogP contribution in [0.2, 0.25) is 0 Å². The number of hydrogen-bond acceptors (Lipinski definition) is 2. The van der Waals surface area contributed by atoms with Gasteiger partial charge in [-0.05, 0) is 18.4 Å². The van der Waals surface area contributed by atoms with Gasteiger partial charge < -0.3 is 0 Å². The van der Waals surface area contributed by atoms with Crippen molar-refractivity contribution in [1.29, 1.82) is 0 Å². The normalized spacial score (nSPS) is 10.2. The summed E-state index contributed by atoms with van der Waals surface area (Å²) in [5, 5.41) is 4.10. The molecule has 0 aliphatic heterocycles. The first-order valence-corrected chi connectivity index (χ1v) is 5.40. The van der Waals surface area contributed by atoms with Gasteiger partial charge in [0.2, 0.25) is 0 Å². The molecule has 0 atom stereocenters. The minimum absolute atomic E-state index is 0.639.